The summed E-state index contributed by atoms with van der Waals surface area (Å²) in [5.41, 5.74) is 1.34. The third-order valence-electron chi connectivity index (χ3n) is 3.78. The summed E-state index contributed by atoms with van der Waals surface area (Å²) in [4.78, 5) is 4.42. The van der Waals surface area contributed by atoms with Crippen molar-refractivity contribution in [2.24, 2.45) is 0 Å². The minimum absolute atomic E-state index is 0.361. The lowest BCUT2D eigenvalue weighted by Crippen LogP contribution is -2.22. The number of nitrogens with zero attached hydrogens (tertiary/aromatic N) is 1. The fourth-order valence-corrected chi connectivity index (χ4v) is 3.16. The third kappa shape index (κ3) is 2.82. The maximum atomic E-state index is 8.29. The van der Waals surface area contributed by atoms with Crippen molar-refractivity contribution in [3.05, 3.63) is 22.3 Å². The van der Waals surface area contributed by atoms with Crippen LogP contribution in [0.25, 0.3) is 0 Å². The van der Waals surface area contributed by atoms with Crippen molar-refractivity contribution in [2.75, 3.05) is 5.31 Å². The lowest BCUT2D eigenvalue weighted by atomic mass is 9.95. The molecule has 2 saturated carbocycles. The smallest absolute Gasteiger partial charge is 0.162 e. The molecule has 17 heavy (non-hydrogen) atoms. The van der Waals surface area contributed by atoms with E-state index in [9.17, 15) is 0 Å². The van der Waals surface area contributed by atoms with Gasteiger partial charge in [0.2, 0.25) is 0 Å². The number of nitrogens with one attached hydrogen (secondary N) is 1. The van der Waals surface area contributed by atoms with Gasteiger partial charge >= 0.3 is 0 Å². The van der Waals surface area contributed by atoms with Crippen molar-refractivity contribution in [3.8, 4) is 0 Å². The predicted molar refractivity (Wildman–Crippen MR) is 74.4 cm³/mol. The lowest BCUT2D eigenvalue weighted by Gasteiger charge is -2.23. The SMILES string of the molecule is [2H]N(c1cc(C2CC2)c(Br)cn1)C1CCCCC1. The van der Waals surface area contributed by atoms with E-state index in [1.165, 1.54) is 37.7 Å². The fourth-order valence-electron chi connectivity index (χ4n) is 2.62. The summed E-state index contributed by atoms with van der Waals surface area (Å²) in [6.07, 6.45) is 10.5. The van der Waals surface area contributed by atoms with Crippen LogP contribution in [0.1, 0.15) is 56.4 Å². The first-order valence-electron chi connectivity index (χ1n) is 7.14. The van der Waals surface area contributed by atoms with Gasteiger partial charge in [0.1, 0.15) is 5.82 Å². The Labute approximate surface area is 113 Å². The molecular formula is C14H19BrN2. The van der Waals surface area contributed by atoms with Crippen LogP contribution in [-0.4, -0.2) is 11.0 Å². The molecule has 0 unspecified atom stereocenters. The van der Waals surface area contributed by atoms with E-state index in [0.29, 0.717) is 12.0 Å². The van der Waals surface area contributed by atoms with E-state index in [1.807, 2.05) is 6.20 Å². The largest absolute Gasteiger partial charge is 0.367 e. The summed E-state index contributed by atoms with van der Waals surface area (Å²) < 4.78 is 9.39. The van der Waals surface area contributed by atoms with E-state index in [2.05, 4.69) is 27.0 Å². The molecule has 1 aromatic rings. The van der Waals surface area contributed by atoms with Crippen molar-refractivity contribution in [1.29, 1.82) is 0 Å². The molecule has 1 heterocycles. The standard InChI is InChI=1S/C14H19BrN2/c15-13-9-16-14(8-12(13)10-6-7-10)17-11-4-2-1-3-5-11/h8-11H,1-7H2,(H,16,17)/i/hD. The maximum absolute atomic E-state index is 8.29. The molecule has 0 spiro atoms. The summed E-state index contributed by atoms with van der Waals surface area (Å²) in [7, 11) is 0. The first-order valence-corrected chi connectivity index (χ1v) is 7.48. The van der Waals surface area contributed by atoms with Crippen LogP contribution in [0.2, 0.25) is 1.41 Å². The highest BCUT2D eigenvalue weighted by Crippen LogP contribution is 2.43. The Balaban J connectivity index is 1.80. The first-order chi connectivity index (χ1) is 8.75. The Morgan fingerprint density at radius 1 is 1.24 bits per heavy atom. The molecule has 92 valence electrons. The van der Waals surface area contributed by atoms with Gasteiger partial charge in [-0.05, 0) is 59.2 Å². The van der Waals surface area contributed by atoms with Crippen molar-refractivity contribution >= 4 is 21.7 Å². The van der Waals surface area contributed by atoms with E-state index in [1.54, 1.807) is 5.31 Å². The van der Waals surface area contributed by atoms with Gasteiger partial charge in [-0.2, -0.15) is 0 Å². The van der Waals surface area contributed by atoms with E-state index in [-0.39, 0.29) is 0 Å². The number of hydrogen-bond acceptors (Lipinski definition) is 2. The Bertz CT molecular complexity index is 428. The van der Waals surface area contributed by atoms with Gasteiger partial charge in [0, 0.05) is 16.7 Å². The molecule has 2 fully saturated rings. The van der Waals surface area contributed by atoms with Crippen molar-refractivity contribution in [1.82, 2.24) is 4.98 Å². The van der Waals surface area contributed by atoms with Crippen molar-refractivity contribution in [3.63, 3.8) is 0 Å². The molecule has 0 atom stereocenters. The summed E-state index contributed by atoms with van der Waals surface area (Å²) in [6, 6.07) is 2.48. The minimum atomic E-state index is 0.361. The monoisotopic (exact) mass is 295 g/mol. The quantitative estimate of drug-likeness (QED) is 0.890. The minimum Gasteiger partial charge on any atom is -0.367 e. The molecule has 3 rings (SSSR count). The van der Waals surface area contributed by atoms with Gasteiger partial charge in [0.15, 0.2) is 1.41 Å². The molecule has 0 radical (unpaired) electrons. The topological polar surface area (TPSA) is 24.9 Å². The summed E-state index contributed by atoms with van der Waals surface area (Å²) >= 11 is 3.57. The molecular weight excluding hydrogens is 276 g/mol. The normalized spacial score (nSPS) is 22.3. The van der Waals surface area contributed by atoms with Crippen molar-refractivity contribution in [2.45, 2.75) is 56.9 Å². The zero-order chi connectivity index (χ0) is 12.5. The van der Waals surface area contributed by atoms with Gasteiger partial charge in [0.25, 0.3) is 0 Å². The van der Waals surface area contributed by atoms with Gasteiger partial charge in [0.05, 0.1) is 0 Å². The molecule has 0 saturated heterocycles. The average molecular weight is 296 g/mol. The molecule has 2 aliphatic rings. The van der Waals surface area contributed by atoms with Crippen LogP contribution in [-0.2, 0) is 0 Å². The second-order valence-corrected chi connectivity index (χ2v) is 6.11. The van der Waals surface area contributed by atoms with Crippen LogP contribution >= 0.6 is 15.9 Å². The molecule has 3 heteroatoms. The Kier molecular flexibility index (Phi) is 3.03. The molecule has 0 aliphatic heterocycles. The molecule has 2 aliphatic carbocycles. The second-order valence-electron chi connectivity index (χ2n) is 5.26. The summed E-state index contributed by atoms with van der Waals surface area (Å²) in [5, 5.41) is 1.65. The van der Waals surface area contributed by atoms with Crippen LogP contribution in [0.15, 0.2) is 16.7 Å². The van der Waals surface area contributed by atoms with E-state index < -0.39 is 0 Å². The molecule has 1 aromatic heterocycles. The number of hydrogen-bond donors (Lipinski definition) is 1. The van der Waals surface area contributed by atoms with Crippen LogP contribution in [0, 0.1) is 0 Å². The number of halogens is 1. The zero-order valence-corrected chi connectivity index (χ0v) is 11.6. The molecule has 2 nitrogen and oxygen atoms in total. The van der Waals surface area contributed by atoms with Crippen LogP contribution < -0.4 is 5.31 Å². The first kappa shape index (κ1) is 10.4. The van der Waals surface area contributed by atoms with Gasteiger partial charge in [-0.25, -0.2) is 4.98 Å². The Hall–Kier alpha value is -0.570. The number of rotatable bonds is 3. The zero-order valence-electron chi connectivity index (χ0n) is 11.0. The molecule has 0 aromatic carbocycles. The fraction of sp³-hybridized carbons (Fsp3) is 0.643. The molecule has 0 amide bonds. The van der Waals surface area contributed by atoms with Gasteiger partial charge in [-0.15, -0.1) is 0 Å². The number of pyridine rings is 1. The Morgan fingerprint density at radius 2 is 2.00 bits per heavy atom. The van der Waals surface area contributed by atoms with E-state index in [4.69, 9.17) is 1.41 Å². The van der Waals surface area contributed by atoms with Gasteiger partial charge < -0.3 is 5.31 Å². The van der Waals surface area contributed by atoms with Crippen LogP contribution in [0.3, 0.4) is 0 Å². The highest BCUT2D eigenvalue weighted by Gasteiger charge is 2.26. The molecule has 0 bridgehead atoms. The van der Waals surface area contributed by atoms with E-state index >= 15 is 0 Å². The number of aromatic nitrogens is 1. The van der Waals surface area contributed by atoms with Gasteiger partial charge in [-0.3, -0.25) is 0 Å². The average Bonchev–Trinajstić information content (AvgIpc) is 3.24. The van der Waals surface area contributed by atoms with Crippen molar-refractivity contribution < 1.29 is 1.41 Å². The summed E-state index contributed by atoms with van der Waals surface area (Å²) in [5.74, 6) is 1.52. The lowest BCUT2D eigenvalue weighted by molar-refractivity contribution is 0.462. The predicted octanol–water partition coefficient (Wildman–Crippen LogP) is 4.47. The third-order valence-corrected chi connectivity index (χ3v) is 4.44. The van der Waals surface area contributed by atoms with E-state index in [0.717, 1.165) is 23.1 Å². The Morgan fingerprint density at radius 3 is 2.71 bits per heavy atom. The molecule has 1 N–H and O–H groups in total. The van der Waals surface area contributed by atoms with Crippen LogP contribution in [0.4, 0.5) is 5.82 Å². The number of anilines is 1. The highest BCUT2D eigenvalue weighted by atomic mass is 79.9. The second kappa shape index (κ2) is 4.97. The highest BCUT2D eigenvalue weighted by molar-refractivity contribution is 9.10. The summed E-state index contributed by atoms with van der Waals surface area (Å²) in [6.45, 7) is 0. The van der Waals surface area contributed by atoms with Gasteiger partial charge in [-0.1, -0.05) is 19.3 Å². The van der Waals surface area contributed by atoms with Crippen LogP contribution in [0.5, 0.6) is 0 Å². The maximum Gasteiger partial charge on any atom is 0.162 e.